The van der Waals surface area contributed by atoms with Crippen molar-refractivity contribution in [2.75, 3.05) is 26.1 Å². The summed E-state index contributed by atoms with van der Waals surface area (Å²) in [4.78, 5) is 25.9. The van der Waals surface area contributed by atoms with E-state index < -0.39 is 36.8 Å². The van der Waals surface area contributed by atoms with Gasteiger partial charge in [0.25, 0.3) is 5.91 Å². The largest absolute Gasteiger partial charge is 0.497 e. The molecule has 11 nitrogen and oxygen atoms in total. The van der Waals surface area contributed by atoms with Crippen molar-refractivity contribution in [2.45, 2.75) is 30.2 Å². The molecule has 3 heterocycles. The number of carbonyl (C=O) groups excluding carboxylic acids is 1. The number of rotatable bonds is 11. The second-order valence-corrected chi connectivity index (χ2v) is 11.6. The highest BCUT2D eigenvalue weighted by molar-refractivity contribution is 6.06. The lowest BCUT2D eigenvalue weighted by atomic mass is 9.79. The van der Waals surface area contributed by atoms with Crippen molar-refractivity contribution in [1.82, 2.24) is 19.5 Å². The highest BCUT2D eigenvalue weighted by Crippen LogP contribution is 2.46. The zero-order valence-corrected chi connectivity index (χ0v) is 27.2. The number of aromatic nitrogens is 4. The van der Waals surface area contributed by atoms with Gasteiger partial charge in [-0.2, -0.15) is 0 Å². The fourth-order valence-corrected chi connectivity index (χ4v) is 6.34. The van der Waals surface area contributed by atoms with Gasteiger partial charge < -0.3 is 29.4 Å². The molecule has 254 valence electrons. The molecule has 1 fully saturated rings. The van der Waals surface area contributed by atoms with Crippen LogP contribution in [0.25, 0.3) is 11.2 Å². The minimum absolute atomic E-state index is 0.157. The molecule has 0 radical (unpaired) electrons. The van der Waals surface area contributed by atoms with E-state index in [4.69, 9.17) is 18.9 Å². The molecule has 2 N–H and O–H groups in total. The molecule has 1 amide bonds. The first-order valence-electron chi connectivity index (χ1n) is 15.9. The van der Waals surface area contributed by atoms with Crippen LogP contribution in [0.15, 0.2) is 122 Å². The van der Waals surface area contributed by atoms with E-state index in [1.54, 1.807) is 38.5 Å². The lowest BCUT2D eigenvalue weighted by Gasteiger charge is -2.39. The number of halogens is 1. The smallest absolute Gasteiger partial charge is 0.256 e. The van der Waals surface area contributed by atoms with E-state index in [0.717, 1.165) is 5.56 Å². The Balaban J connectivity index is 1.29. The quantitative estimate of drug-likeness (QED) is 0.166. The van der Waals surface area contributed by atoms with E-state index in [0.29, 0.717) is 28.2 Å². The summed E-state index contributed by atoms with van der Waals surface area (Å²) in [5.74, 6) is 1.05. The number of nitrogens with one attached hydrogen (secondary N) is 1. The Morgan fingerprint density at radius 3 is 2.00 bits per heavy atom. The summed E-state index contributed by atoms with van der Waals surface area (Å²) in [7, 11) is 3.17. The number of benzene rings is 4. The fraction of sp³-hybridized carbons (Fsp3) is 0.211. The number of fused-ring (bicyclic) bond motifs is 1. The van der Waals surface area contributed by atoms with Crippen LogP contribution in [0, 0.1) is 0 Å². The van der Waals surface area contributed by atoms with Crippen molar-refractivity contribution in [1.29, 1.82) is 0 Å². The summed E-state index contributed by atoms with van der Waals surface area (Å²) in [6.07, 6.45) is -2.80. The van der Waals surface area contributed by atoms with Gasteiger partial charge in [-0.25, -0.2) is 19.3 Å². The Morgan fingerprint density at radius 2 is 1.42 bits per heavy atom. The van der Waals surface area contributed by atoms with Crippen LogP contribution in [-0.4, -0.2) is 69.7 Å². The number of ether oxygens (including phenoxy) is 4. The van der Waals surface area contributed by atoms with Gasteiger partial charge in [0.2, 0.25) is 0 Å². The van der Waals surface area contributed by atoms with Gasteiger partial charge in [-0.15, -0.1) is 0 Å². The number of methoxy groups -OCH3 is 2. The van der Waals surface area contributed by atoms with E-state index in [1.165, 1.54) is 17.2 Å². The first-order valence-corrected chi connectivity index (χ1v) is 15.9. The first-order chi connectivity index (χ1) is 24.5. The average Bonchev–Trinajstić information content (AvgIpc) is 3.75. The average molecular weight is 676 g/mol. The number of aliphatic hydroxyl groups excluding tert-OH is 1. The summed E-state index contributed by atoms with van der Waals surface area (Å²) in [6.45, 7) is -0.530. The molecule has 1 aliphatic rings. The van der Waals surface area contributed by atoms with Gasteiger partial charge in [0, 0.05) is 5.56 Å². The number of aliphatic hydroxyl groups is 1. The van der Waals surface area contributed by atoms with Crippen LogP contribution in [-0.2, 0) is 15.1 Å². The van der Waals surface area contributed by atoms with Gasteiger partial charge in [0.1, 0.15) is 35.6 Å². The molecule has 1 saturated heterocycles. The zero-order valence-electron chi connectivity index (χ0n) is 27.2. The second kappa shape index (κ2) is 14.0. The summed E-state index contributed by atoms with van der Waals surface area (Å²) >= 11 is 0. The Labute approximate surface area is 287 Å². The number of carbonyl (C=O) groups is 1. The molecule has 0 aliphatic carbocycles. The molecule has 2 aromatic heterocycles. The topological polar surface area (TPSA) is 130 Å². The standard InChI is InChI=1S/C38H34FN5O6/c1-47-28-17-13-26(14-18-28)38(25-11-7-4-8-12-25,27-15-19-29(48-2)20-16-27)50-33-30(21-45)49-37(31(33)39)44-23-42-32-34(40-22-41-35(32)44)43-36(46)24-9-5-3-6-10-24/h3-20,22-23,30-31,33,37,45H,21H2,1-2H3,(H,40,41,43,46)/t30-,31-,33-,37-/m1/s1. The number of hydrogen-bond donors (Lipinski definition) is 2. The third kappa shape index (κ3) is 5.93. The highest BCUT2D eigenvalue weighted by atomic mass is 19.1. The SMILES string of the molecule is COc1ccc(C(O[C@H]2[C@@H](F)[C@H](n3cnc4c(NC(=O)c5ccccc5)ncnc43)O[C@@H]2CO)(c2ccccc2)c2ccc(OC)cc2)cc1. The number of imidazole rings is 1. The third-order valence-electron chi connectivity index (χ3n) is 8.83. The van der Waals surface area contributed by atoms with Crippen molar-refractivity contribution in [3.05, 3.63) is 144 Å². The van der Waals surface area contributed by atoms with Gasteiger partial charge in [0.15, 0.2) is 29.4 Å². The molecule has 1 aliphatic heterocycles. The first kappa shape index (κ1) is 32.8. The van der Waals surface area contributed by atoms with Gasteiger partial charge in [0.05, 0.1) is 27.2 Å². The van der Waals surface area contributed by atoms with Gasteiger partial charge in [-0.3, -0.25) is 9.36 Å². The predicted octanol–water partition coefficient (Wildman–Crippen LogP) is 5.70. The van der Waals surface area contributed by atoms with Crippen LogP contribution in [0.4, 0.5) is 10.2 Å². The second-order valence-electron chi connectivity index (χ2n) is 11.6. The molecule has 0 unspecified atom stereocenters. The van der Waals surface area contributed by atoms with Crippen LogP contribution < -0.4 is 14.8 Å². The zero-order chi connectivity index (χ0) is 34.7. The maximum absolute atomic E-state index is 17.1. The molecule has 0 spiro atoms. The van der Waals surface area contributed by atoms with Gasteiger partial charge >= 0.3 is 0 Å². The lowest BCUT2D eigenvalue weighted by Crippen LogP contribution is -2.44. The summed E-state index contributed by atoms with van der Waals surface area (Å²) < 4.78 is 42.6. The maximum atomic E-state index is 17.1. The summed E-state index contributed by atoms with van der Waals surface area (Å²) in [6, 6.07) is 32.9. The van der Waals surface area contributed by atoms with Crippen LogP contribution in [0.5, 0.6) is 11.5 Å². The molecular weight excluding hydrogens is 641 g/mol. The van der Waals surface area contributed by atoms with Crippen LogP contribution in [0.1, 0.15) is 33.3 Å². The van der Waals surface area contributed by atoms with E-state index in [1.807, 2.05) is 84.9 Å². The lowest BCUT2D eigenvalue weighted by molar-refractivity contribution is -0.104. The fourth-order valence-electron chi connectivity index (χ4n) is 6.34. The number of anilines is 1. The van der Waals surface area contributed by atoms with Crippen molar-refractivity contribution in [2.24, 2.45) is 0 Å². The summed E-state index contributed by atoms with van der Waals surface area (Å²) in [5, 5.41) is 13.3. The van der Waals surface area contributed by atoms with Crippen molar-refractivity contribution < 1.29 is 33.2 Å². The van der Waals surface area contributed by atoms with Crippen LogP contribution in [0.2, 0.25) is 0 Å². The normalized spacial score (nSPS) is 19.0. The number of nitrogens with zero attached hydrogens (tertiary/aromatic N) is 4. The third-order valence-corrected chi connectivity index (χ3v) is 8.83. The Bertz CT molecular complexity index is 2010. The molecule has 4 atom stereocenters. The predicted molar refractivity (Wildman–Crippen MR) is 183 cm³/mol. The van der Waals surface area contributed by atoms with Crippen molar-refractivity contribution in [3.63, 3.8) is 0 Å². The van der Waals surface area contributed by atoms with Crippen LogP contribution in [0.3, 0.4) is 0 Å². The Hall–Kier alpha value is -5.69. The molecule has 4 aromatic carbocycles. The minimum atomic E-state index is -1.80. The van der Waals surface area contributed by atoms with E-state index in [-0.39, 0.29) is 22.9 Å². The summed E-state index contributed by atoms with van der Waals surface area (Å²) in [5.41, 5.74) is 1.66. The highest BCUT2D eigenvalue weighted by Gasteiger charge is 2.52. The molecule has 50 heavy (non-hydrogen) atoms. The van der Waals surface area contributed by atoms with Gasteiger partial charge in [-0.1, -0.05) is 72.8 Å². The molecule has 6 aromatic rings. The van der Waals surface area contributed by atoms with Gasteiger partial charge in [-0.05, 0) is 53.1 Å². The van der Waals surface area contributed by atoms with E-state index in [2.05, 4.69) is 20.3 Å². The number of hydrogen-bond acceptors (Lipinski definition) is 9. The molecule has 0 bridgehead atoms. The minimum Gasteiger partial charge on any atom is -0.497 e. The molecule has 0 saturated carbocycles. The van der Waals surface area contributed by atoms with E-state index in [9.17, 15) is 9.90 Å². The van der Waals surface area contributed by atoms with Crippen LogP contribution >= 0.6 is 0 Å². The van der Waals surface area contributed by atoms with E-state index >= 15 is 4.39 Å². The Kier molecular flexibility index (Phi) is 9.22. The maximum Gasteiger partial charge on any atom is 0.256 e. The van der Waals surface area contributed by atoms with Crippen molar-refractivity contribution >= 4 is 22.9 Å². The monoisotopic (exact) mass is 675 g/mol. The number of amides is 1. The molecular formula is C38H34FN5O6. The molecule has 12 heteroatoms. The molecule has 7 rings (SSSR count). The number of alkyl halides is 1. The van der Waals surface area contributed by atoms with Crippen molar-refractivity contribution in [3.8, 4) is 11.5 Å². The Morgan fingerprint density at radius 1 is 0.840 bits per heavy atom.